The molecule has 1 aromatic heterocycles. The average molecular weight is 447 g/mol. The topological polar surface area (TPSA) is 61.8 Å². The predicted octanol–water partition coefficient (Wildman–Crippen LogP) is 1.72. The number of guanidine groups is 1. The monoisotopic (exact) mass is 447 g/mol. The fourth-order valence-electron chi connectivity index (χ4n) is 2.69. The maximum Gasteiger partial charge on any atom is 0.191 e. The molecule has 1 aliphatic rings. The molecule has 2 rings (SSSR count). The molecule has 0 bridgehead atoms. The fraction of sp³-hybridized carbons (Fsp3) is 0.647. The third-order valence-electron chi connectivity index (χ3n) is 3.73. The standard InChI is InChI=1S/C17H29N5O.HI/c1-14(2)12-22-8-9-23-16(13-22)11-21-17(18-3)20-10-15-6-4-5-7-19-15;/h4-7,14,16H,8-13H2,1-3H3,(H2,18,20,21);1H. The van der Waals surface area contributed by atoms with E-state index in [0.717, 1.165) is 44.4 Å². The largest absolute Gasteiger partial charge is 0.374 e. The van der Waals surface area contributed by atoms with Crippen molar-refractivity contribution in [2.75, 3.05) is 39.8 Å². The van der Waals surface area contributed by atoms with Gasteiger partial charge in [-0.2, -0.15) is 0 Å². The van der Waals surface area contributed by atoms with Gasteiger partial charge >= 0.3 is 0 Å². The van der Waals surface area contributed by atoms with Gasteiger partial charge in [0.15, 0.2) is 5.96 Å². The number of aromatic nitrogens is 1. The summed E-state index contributed by atoms with van der Waals surface area (Å²) >= 11 is 0. The molecule has 7 heteroatoms. The molecule has 1 aromatic rings. The Kier molecular flexibility index (Phi) is 10.2. The summed E-state index contributed by atoms with van der Waals surface area (Å²) in [4.78, 5) is 11.0. The van der Waals surface area contributed by atoms with E-state index in [1.165, 1.54) is 0 Å². The van der Waals surface area contributed by atoms with Gasteiger partial charge in [-0.15, -0.1) is 24.0 Å². The van der Waals surface area contributed by atoms with Gasteiger partial charge < -0.3 is 15.4 Å². The van der Waals surface area contributed by atoms with Crippen molar-refractivity contribution in [2.24, 2.45) is 10.9 Å². The summed E-state index contributed by atoms with van der Waals surface area (Å²) in [5.74, 6) is 1.47. The van der Waals surface area contributed by atoms with Crippen LogP contribution in [0.25, 0.3) is 0 Å². The van der Waals surface area contributed by atoms with Crippen LogP contribution >= 0.6 is 24.0 Å². The first kappa shape index (κ1) is 21.1. The maximum absolute atomic E-state index is 5.85. The van der Waals surface area contributed by atoms with Gasteiger partial charge in [0.05, 0.1) is 24.9 Å². The lowest BCUT2D eigenvalue weighted by molar-refractivity contribution is -0.0284. The molecule has 0 saturated carbocycles. The van der Waals surface area contributed by atoms with Gasteiger partial charge in [-0.25, -0.2) is 0 Å². The fourth-order valence-corrected chi connectivity index (χ4v) is 2.69. The second kappa shape index (κ2) is 11.6. The van der Waals surface area contributed by atoms with E-state index in [0.29, 0.717) is 12.5 Å². The number of ether oxygens (including phenoxy) is 1. The molecular weight excluding hydrogens is 417 g/mol. The number of aliphatic imine (C=N–C) groups is 1. The van der Waals surface area contributed by atoms with E-state index in [9.17, 15) is 0 Å². The molecule has 24 heavy (non-hydrogen) atoms. The van der Waals surface area contributed by atoms with Gasteiger partial charge in [-0.1, -0.05) is 19.9 Å². The molecule has 6 nitrogen and oxygen atoms in total. The van der Waals surface area contributed by atoms with Crippen LogP contribution in [0.3, 0.4) is 0 Å². The minimum absolute atomic E-state index is 0. The average Bonchev–Trinajstić information content (AvgIpc) is 2.56. The zero-order valence-corrected chi connectivity index (χ0v) is 17.2. The van der Waals surface area contributed by atoms with Gasteiger partial charge in [-0.05, 0) is 18.1 Å². The van der Waals surface area contributed by atoms with Crippen molar-refractivity contribution in [1.82, 2.24) is 20.5 Å². The van der Waals surface area contributed by atoms with Crippen LogP contribution in [0.15, 0.2) is 29.4 Å². The number of nitrogens with zero attached hydrogens (tertiary/aromatic N) is 3. The van der Waals surface area contributed by atoms with Gasteiger partial charge in [0, 0.05) is 39.4 Å². The normalized spacial score (nSPS) is 19.0. The van der Waals surface area contributed by atoms with Crippen molar-refractivity contribution in [3.05, 3.63) is 30.1 Å². The Hall–Kier alpha value is -0.930. The van der Waals surface area contributed by atoms with Crippen LogP contribution in [-0.4, -0.2) is 61.8 Å². The Morgan fingerprint density at radius 2 is 2.25 bits per heavy atom. The quantitative estimate of drug-likeness (QED) is 0.395. The lowest BCUT2D eigenvalue weighted by Crippen LogP contribution is -2.50. The van der Waals surface area contributed by atoms with Crippen molar-refractivity contribution in [3.8, 4) is 0 Å². The SMILES string of the molecule is CN=C(NCc1ccccn1)NCC1CN(CC(C)C)CCO1.I. The highest BCUT2D eigenvalue weighted by molar-refractivity contribution is 14.0. The van der Waals surface area contributed by atoms with Crippen LogP contribution in [0.1, 0.15) is 19.5 Å². The van der Waals surface area contributed by atoms with E-state index in [1.807, 2.05) is 18.2 Å². The smallest absolute Gasteiger partial charge is 0.191 e. The second-order valence-corrected chi connectivity index (χ2v) is 6.27. The van der Waals surface area contributed by atoms with Gasteiger partial charge in [-0.3, -0.25) is 14.9 Å². The first-order chi connectivity index (χ1) is 11.2. The lowest BCUT2D eigenvalue weighted by atomic mass is 10.2. The number of nitrogens with one attached hydrogen (secondary N) is 2. The van der Waals surface area contributed by atoms with E-state index in [-0.39, 0.29) is 30.1 Å². The van der Waals surface area contributed by atoms with Crippen LogP contribution in [-0.2, 0) is 11.3 Å². The summed E-state index contributed by atoms with van der Waals surface area (Å²) in [5, 5.41) is 6.62. The highest BCUT2D eigenvalue weighted by Crippen LogP contribution is 2.07. The first-order valence-corrected chi connectivity index (χ1v) is 8.35. The van der Waals surface area contributed by atoms with Crippen molar-refractivity contribution in [1.29, 1.82) is 0 Å². The molecular formula is C17H30IN5O. The van der Waals surface area contributed by atoms with Crippen LogP contribution in [0.4, 0.5) is 0 Å². The number of rotatable bonds is 6. The minimum Gasteiger partial charge on any atom is -0.374 e. The Balaban J connectivity index is 0.00000288. The van der Waals surface area contributed by atoms with Crippen LogP contribution in [0, 0.1) is 5.92 Å². The Bertz CT molecular complexity index is 483. The molecule has 1 atom stereocenters. The summed E-state index contributed by atoms with van der Waals surface area (Å²) in [6.45, 7) is 9.87. The zero-order valence-electron chi connectivity index (χ0n) is 14.9. The number of halogens is 1. The van der Waals surface area contributed by atoms with Crippen molar-refractivity contribution >= 4 is 29.9 Å². The zero-order chi connectivity index (χ0) is 16.5. The molecule has 136 valence electrons. The lowest BCUT2D eigenvalue weighted by Gasteiger charge is -2.34. The summed E-state index contributed by atoms with van der Waals surface area (Å²) in [6, 6.07) is 5.90. The minimum atomic E-state index is 0. The first-order valence-electron chi connectivity index (χ1n) is 8.35. The van der Waals surface area contributed by atoms with Crippen LogP contribution in [0.2, 0.25) is 0 Å². The molecule has 2 N–H and O–H groups in total. The molecule has 1 unspecified atom stereocenters. The summed E-state index contributed by atoms with van der Waals surface area (Å²) in [7, 11) is 1.78. The Labute approximate surface area is 162 Å². The van der Waals surface area contributed by atoms with E-state index in [4.69, 9.17) is 4.74 Å². The predicted molar refractivity (Wildman–Crippen MR) is 109 cm³/mol. The highest BCUT2D eigenvalue weighted by Gasteiger charge is 2.20. The second-order valence-electron chi connectivity index (χ2n) is 6.27. The summed E-state index contributed by atoms with van der Waals surface area (Å²) < 4.78 is 5.85. The van der Waals surface area contributed by atoms with Crippen LogP contribution < -0.4 is 10.6 Å². The molecule has 1 saturated heterocycles. The Morgan fingerprint density at radius 1 is 1.42 bits per heavy atom. The van der Waals surface area contributed by atoms with E-state index in [1.54, 1.807) is 13.2 Å². The maximum atomic E-state index is 5.85. The van der Waals surface area contributed by atoms with Gasteiger partial charge in [0.1, 0.15) is 0 Å². The van der Waals surface area contributed by atoms with E-state index >= 15 is 0 Å². The molecule has 0 aromatic carbocycles. The third-order valence-corrected chi connectivity index (χ3v) is 3.73. The van der Waals surface area contributed by atoms with Gasteiger partial charge in [0.25, 0.3) is 0 Å². The number of hydrogen-bond donors (Lipinski definition) is 2. The third kappa shape index (κ3) is 7.76. The van der Waals surface area contributed by atoms with Gasteiger partial charge in [0.2, 0.25) is 0 Å². The molecule has 1 aliphatic heterocycles. The Morgan fingerprint density at radius 3 is 2.92 bits per heavy atom. The number of hydrogen-bond acceptors (Lipinski definition) is 4. The highest BCUT2D eigenvalue weighted by atomic mass is 127. The van der Waals surface area contributed by atoms with Crippen molar-refractivity contribution < 1.29 is 4.74 Å². The molecule has 0 amide bonds. The molecule has 0 aliphatic carbocycles. The van der Waals surface area contributed by atoms with E-state index in [2.05, 4.69) is 39.4 Å². The number of morpholine rings is 1. The number of pyridine rings is 1. The molecule has 2 heterocycles. The van der Waals surface area contributed by atoms with Crippen molar-refractivity contribution in [2.45, 2.75) is 26.5 Å². The molecule has 1 fully saturated rings. The molecule has 0 radical (unpaired) electrons. The van der Waals surface area contributed by atoms with E-state index < -0.39 is 0 Å². The van der Waals surface area contributed by atoms with Crippen molar-refractivity contribution in [3.63, 3.8) is 0 Å². The summed E-state index contributed by atoms with van der Waals surface area (Å²) in [6.07, 6.45) is 2.00. The van der Waals surface area contributed by atoms with Crippen LogP contribution in [0.5, 0.6) is 0 Å². The summed E-state index contributed by atoms with van der Waals surface area (Å²) in [5.41, 5.74) is 0.993. The molecule has 0 spiro atoms.